The first-order valence-electron chi connectivity index (χ1n) is 14.0. The minimum Gasteiger partial charge on any atom is -0.497 e. The Kier molecular flexibility index (Phi) is 9.45. The van der Waals surface area contributed by atoms with Gasteiger partial charge in [0.1, 0.15) is 23.9 Å². The van der Waals surface area contributed by atoms with Gasteiger partial charge in [0.2, 0.25) is 0 Å². The normalized spacial score (nSPS) is 17.1. The van der Waals surface area contributed by atoms with Crippen molar-refractivity contribution >= 4 is 17.5 Å². The van der Waals surface area contributed by atoms with E-state index in [1.54, 1.807) is 20.3 Å². The van der Waals surface area contributed by atoms with Crippen molar-refractivity contribution in [1.29, 1.82) is 0 Å². The Hall–Kier alpha value is -4.28. The predicted octanol–water partition coefficient (Wildman–Crippen LogP) is 4.00. The van der Waals surface area contributed by atoms with E-state index < -0.39 is 17.8 Å². The molecule has 2 heterocycles. The van der Waals surface area contributed by atoms with Crippen molar-refractivity contribution in [1.82, 2.24) is 14.8 Å². The molecule has 0 aromatic heterocycles. The van der Waals surface area contributed by atoms with Gasteiger partial charge in [0.05, 0.1) is 44.8 Å². The smallest absolute Gasteiger partial charge is 0.262 e. The fourth-order valence-electron chi connectivity index (χ4n) is 5.26. The molecule has 0 aliphatic carbocycles. The topological polar surface area (TPSA) is 83.9 Å². The van der Waals surface area contributed by atoms with Crippen LogP contribution in [0, 0.1) is 5.82 Å². The van der Waals surface area contributed by atoms with Gasteiger partial charge >= 0.3 is 0 Å². The lowest BCUT2D eigenvalue weighted by atomic mass is 9.97. The lowest BCUT2D eigenvalue weighted by Crippen LogP contribution is -2.46. The summed E-state index contributed by atoms with van der Waals surface area (Å²) >= 11 is 0. The number of para-hydroxylation sites is 1. The number of rotatable bonds is 10. The van der Waals surface area contributed by atoms with Crippen LogP contribution < -0.4 is 9.47 Å². The van der Waals surface area contributed by atoms with Crippen LogP contribution >= 0.6 is 0 Å². The highest BCUT2D eigenvalue weighted by Gasteiger charge is 2.36. The zero-order valence-electron chi connectivity index (χ0n) is 23.9. The molecule has 10 heteroatoms. The van der Waals surface area contributed by atoms with Gasteiger partial charge in [0.25, 0.3) is 11.8 Å². The van der Waals surface area contributed by atoms with E-state index in [9.17, 15) is 14.0 Å². The van der Waals surface area contributed by atoms with Gasteiger partial charge in [0.15, 0.2) is 0 Å². The van der Waals surface area contributed by atoms with E-state index in [2.05, 4.69) is 4.90 Å². The first-order valence-corrected chi connectivity index (χ1v) is 14.0. The molecule has 0 bridgehead atoms. The van der Waals surface area contributed by atoms with Crippen LogP contribution in [-0.2, 0) is 9.53 Å². The molecule has 9 nitrogen and oxygen atoms in total. The second-order valence-electron chi connectivity index (χ2n) is 10.1. The quantitative estimate of drug-likeness (QED) is 0.364. The first kappa shape index (κ1) is 29.2. The molecule has 1 fully saturated rings. The van der Waals surface area contributed by atoms with Crippen LogP contribution in [0.1, 0.15) is 33.9 Å². The Balaban J connectivity index is 1.44. The average Bonchev–Trinajstić information content (AvgIpc) is 3.49. The highest BCUT2D eigenvalue weighted by Crippen LogP contribution is 2.37. The van der Waals surface area contributed by atoms with Crippen LogP contribution in [0.5, 0.6) is 11.5 Å². The van der Waals surface area contributed by atoms with Crippen molar-refractivity contribution < 1.29 is 28.2 Å². The molecule has 3 aromatic carbocycles. The van der Waals surface area contributed by atoms with Gasteiger partial charge in [-0.15, -0.1) is 0 Å². The fraction of sp³-hybridized carbons (Fsp3) is 0.344. The highest BCUT2D eigenvalue weighted by atomic mass is 19.1. The summed E-state index contributed by atoms with van der Waals surface area (Å²) < 4.78 is 31.0. The summed E-state index contributed by atoms with van der Waals surface area (Å²) in [6, 6.07) is 20.4. The molecule has 0 saturated carbocycles. The van der Waals surface area contributed by atoms with E-state index in [-0.39, 0.29) is 24.6 Å². The number of carbonyl (C=O) groups is 2. The van der Waals surface area contributed by atoms with Gasteiger partial charge < -0.3 is 19.1 Å². The van der Waals surface area contributed by atoms with E-state index in [0.29, 0.717) is 37.7 Å². The summed E-state index contributed by atoms with van der Waals surface area (Å²) in [6.45, 7) is 3.20. The van der Waals surface area contributed by atoms with Crippen molar-refractivity contribution in [3.63, 3.8) is 0 Å². The number of hydrogen-bond acceptors (Lipinski definition) is 7. The van der Waals surface area contributed by atoms with Crippen LogP contribution in [-0.4, -0.2) is 92.5 Å². The Morgan fingerprint density at radius 3 is 2.40 bits per heavy atom. The standard InChI is InChI=1S/C32H35FN4O5/c1-40-24-13-11-23(12-14-24)28-21-29(26-8-4-6-10-30(26)41-2)37(34-28)31(38)22-36(16-15-35-17-19-42-20-18-35)32(39)25-7-3-5-9-27(25)33/h3-14,29H,15-22H2,1-2H3. The maximum absolute atomic E-state index is 14.7. The highest BCUT2D eigenvalue weighted by molar-refractivity contribution is 6.04. The van der Waals surface area contributed by atoms with Gasteiger partial charge in [0, 0.05) is 38.2 Å². The number of morpholine rings is 1. The van der Waals surface area contributed by atoms with Crippen LogP contribution in [0.25, 0.3) is 0 Å². The van der Waals surface area contributed by atoms with Crippen LogP contribution in [0.4, 0.5) is 4.39 Å². The zero-order valence-corrected chi connectivity index (χ0v) is 23.9. The number of amides is 2. The Morgan fingerprint density at radius 2 is 1.69 bits per heavy atom. The summed E-state index contributed by atoms with van der Waals surface area (Å²) in [7, 11) is 3.19. The molecule has 42 heavy (non-hydrogen) atoms. The molecule has 0 radical (unpaired) electrons. The molecule has 2 amide bonds. The van der Waals surface area contributed by atoms with E-state index >= 15 is 0 Å². The lowest BCUT2D eigenvalue weighted by molar-refractivity contribution is -0.133. The van der Waals surface area contributed by atoms with E-state index in [0.717, 1.165) is 29.9 Å². The lowest BCUT2D eigenvalue weighted by Gasteiger charge is -2.31. The van der Waals surface area contributed by atoms with E-state index in [1.807, 2.05) is 48.5 Å². The van der Waals surface area contributed by atoms with Crippen molar-refractivity contribution in [3.8, 4) is 11.5 Å². The zero-order chi connectivity index (χ0) is 29.5. The number of nitrogens with zero attached hydrogens (tertiary/aromatic N) is 4. The second-order valence-corrected chi connectivity index (χ2v) is 10.1. The third kappa shape index (κ3) is 6.61. The third-order valence-electron chi connectivity index (χ3n) is 7.59. The second kappa shape index (κ2) is 13.6. The SMILES string of the molecule is COc1ccc(C2=NN(C(=O)CN(CCN3CCOCC3)C(=O)c3ccccc3F)C(c3ccccc3OC)C2)cc1. The monoisotopic (exact) mass is 574 g/mol. The summed E-state index contributed by atoms with van der Waals surface area (Å²) in [5, 5.41) is 6.20. The largest absolute Gasteiger partial charge is 0.497 e. The fourth-order valence-corrected chi connectivity index (χ4v) is 5.26. The number of halogens is 1. The molecule has 5 rings (SSSR count). The molecule has 0 N–H and O–H groups in total. The molecule has 2 aliphatic heterocycles. The minimum atomic E-state index is -0.626. The average molecular weight is 575 g/mol. The minimum absolute atomic E-state index is 0.0719. The van der Waals surface area contributed by atoms with Crippen molar-refractivity contribution in [2.45, 2.75) is 12.5 Å². The summed E-state index contributed by atoms with van der Waals surface area (Å²) in [4.78, 5) is 31.2. The van der Waals surface area contributed by atoms with E-state index in [4.69, 9.17) is 19.3 Å². The Morgan fingerprint density at radius 1 is 0.976 bits per heavy atom. The molecule has 1 atom stereocenters. The molecule has 220 valence electrons. The van der Waals surface area contributed by atoms with Gasteiger partial charge in [-0.3, -0.25) is 14.5 Å². The van der Waals surface area contributed by atoms with Crippen molar-refractivity contribution in [2.24, 2.45) is 5.10 Å². The van der Waals surface area contributed by atoms with Gasteiger partial charge in [-0.1, -0.05) is 30.3 Å². The number of ether oxygens (including phenoxy) is 3. The van der Waals surface area contributed by atoms with Crippen molar-refractivity contribution in [2.75, 3.05) is 60.2 Å². The summed E-state index contributed by atoms with van der Waals surface area (Å²) in [6.07, 6.45) is 0.452. The van der Waals surface area contributed by atoms with Gasteiger partial charge in [-0.2, -0.15) is 5.10 Å². The number of hydrazone groups is 1. The number of carbonyl (C=O) groups excluding carboxylic acids is 2. The number of hydrogen-bond donors (Lipinski definition) is 0. The van der Waals surface area contributed by atoms with E-state index in [1.165, 1.54) is 28.1 Å². The first-order chi connectivity index (χ1) is 20.5. The van der Waals surface area contributed by atoms with Gasteiger partial charge in [-0.25, -0.2) is 9.40 Å². The molecule has 2 aliphatic rings. The molecular formula is C32H35FN4O5. The summed E-state index contributed by atoms with van der Waals surface area (Å²) in [5.41, 5.74) is 2.32. The van der Waals surface area contributed by atoms with Crippen LogP contribution in [0.2, 0.25) is 0 Å². The maximum atomic E-state index is 14.7. The molecule has 1 unspecified atom stereocenters. The number of benzene rings is 3. The number of methoxy groups -OCH3 is 2. The third-order valence-corrected chi connectivity index (χ3v) is 7.59. The predicted molar refractivity (Wildman–Crippen MR) is 156 cm³/mol. The van der Waals surface area contributed by atoms with Crippen LogP contribution in [0.3, 0.4) is 0 Å². The Labute approximate surface area is 245 Å². The molecule has 1 saturated heterocycles. The maximum Gasteiger partial charge on any atom is 0.262 e. The molecule has 3 aromatic rings. The summed E-state index contributed by atoms with van der Waals surface area (Å²) in [5.74, 6) is -0.186. The van der Waals surface area contributed by atoms with Crippen molar-refractivity contribution in [3.05, 3.63) is 95.3 Å². The van der Waals surface area contributed by atoms with Crippen LogP contribution in [0.15, 0.2) is 77.9 Å². The molecule has 0 spiro atoms. The van der Waals surface area contributed by atoms with Gasteiger partial charge in [-0.05, 0) is 48.0 Å². The Bertz CT molecular complexity index is 1420. The molecular weight excluding hydrogens is 539 g/mol.